The van der Waals surface area contributed by atoms with Crippen LogP contribution in [0.2, 0.25) is 0 Å². The fourth-order valence-corrected chi connectivity index (χ4v) is 1.81. The molecule has 0 bridgehead atoms. The molecule has 0 unspecified atom stereocenters. The summed E-state index contributed by atoms with van der Waals surface area (Å²) in [4.78, 5) is 18.0. The average Bonchev–Trinajstić information content (AvgIpc) is 2.45. The Bertz CT molecular complexity index is 417. The van der Waals surface area contributed by atoms with Gasteiger partial charge in [-0.2, -0.15) is 0 Å². The lowest BCUT2D eigenvalue weighted by Gasteiger charge is -2.18. The second kappa shape index (κ2) is 8.53. The summed E-state index contributed by atoms with van der Waals surface area (Å²) < 4.78 is 5.62. The molecule has 0 spiro atoms. The number of ether oxygens (including phenoxy) is 1. The van der Waals surface area contributed by atoms with E-state index in [-0.39, 0.29) is 5.91 Å². The monoisotopic (exact) mass is 279 g/mol. The van der Waals surface area contributed by atoms with Crippen molar-refractivity contribution < 1.29 is 9.53 Å². The molecule has 1 amide bonds. The van der Waals surface area contributed by atoms with Crippen molar-refractivity contribution in [1.82, 2.24) is 15.2 Å². The van der Waals surface area contributed by atoms with Gasteiger partial charge in [-0.1, -0.05) is 13.8 Å². The van der Waals surface area contributed by atoms with Gasteiger partial charge >= 0.3 is 0 Å². The number of amides is 1. The number of nitrogens with one attached hydrogen (secondary N) is 1. The van der Waals surface area contributed by atoms with Crippen LogP contribution in [0.5, 0.6) is 5.75 Å². The van der Waals surface area contributed by atoms with Crippen molar-refractivity contribution in [2.45, 2.75) is 33.7 Å². The molecule has 5 heteroatoms. The van der Waals surface area contributed by atoms with Crippen molar-refractivity contribution in [3.63, 3.8) is 0 Å². The first-order valence-electron chi connectivity index (χ1n) is 7.20. The van der Waals surface area contributed by atoms with Crippen LogP contribution in [0.4, 0.5) is 0 Å². The van der Waals surface area contributed by atoms with Crippen LogP contribution < -0.4 is 10.1 Å². The van der Waals surface area contributed by atoms with Gasteiger partial charge in [-0.15, -0.1) is 0 Å². The number of carbonyl (C=O) groups excluding carboxylic acids is 1. The number of hydrogen-bond donors (Lipinski definition) is 1. The minimum absolute atomic E-state index is 0.0549. The highest BCUT2D eigenvalue weighted by Crippen LogP contribution is 2.12. The topological polar surface area (TPSA) is 54.5 Å². The van der Waals surface area contributed by atoms with Crippen LogP contribution in [0.25, 0.3) is 0 Å². The maximum Gasteiger partial charge on any atom is 0.272 e. The van der Waals surface area contributed by atoms with Crippen LogP contribution in [-0.2, 0) is 0 Å². The van der Waals surface area contributed by atoms with Crippen molar-refractivity contribution in [2.24, 2.45) is 0 Å². The third-order valence-corrected chi connectivity index (χ3v) is 2.92. The molecule has 1 aromatic heterocycles. The van der Waals surface area contributed by atoms with Gasteiger partial charge in [0.2, 0.25) is 0 Å². The molecule has 1 heterocycles. The molecule has 5 nitrogen and oxygen atoms in total. The minimum Gasteiger partial charge on any atom is -0.492 e. The Morgan fingerprint density at radius 1 is 1.40 bits per heavy atom. The highest BCUT2D eigenvalue weighted by molar-refractivity contribution is 5.92. The van der Waals surface area contributed by atoms with Gasteiger partial charge in [-0.3, -0.25) is 9.78 Å². The van der Waals surface area contributed by atoms with Crippen molar-refractivity contribution in [3.8, 4) is 5.75 Å². The second-order valence-corrected chi connectivity index (χ2v) is 4.81. The van der Waals surface area contributed by atoms with E-state index in [0.717, 1.165) is 6.54 Å². The van der Waals surface area contributed by atoms with E-state index in [2.05, 4.69) is 24.1 Å². The molecule has 0 saturated heterocycles. The summed E-state index contributed by atoms with van der Waals surface area (Å²) in [5, 5.41) is 3.27. The number of hydrogen-bond acceptors (Lipinski definition) is 4. The second-order valence-electron chi connectivity index (χ2n) is 4.81. The molecule has 1 aromatic rings. The summed E-state index contributed by atoms with van der Waals surface area (Å²) in [5.41, 5.74) is 0.433. The van der Waals surface area contributed by atoms with Crippen molar-refractivity contribution in [2.75, 3.05) is 26.2 Å². The zero-order chi connectivity index (χ0) is 15.0. The van der Waals surface area contributed by atoms with E-state index in [4.69, 9.17) is 4.74 Å². The number of pyridine rings is 1. The average molecular weight is 279 g/mol. The zero-order valence-electron chi connectivity index (χ0n) is 12.8. The molecule has 1 N–H and O–H groups in total. The molecule has 0 saturated carbocycles. The highest BCUT2D eigenvalue weighted by Gasteiger charge is 2.14. The minimum atomic E-state index is -0.0549. The molecular formula is C15H25N3O2. The first-order chi connectivity index (χ1) is 9.58. The van der Waals surface area contributed by atoms with Gasteiger partial charge < -0.3 is 15.0 Å². The van der Waals surface area contributed by atoms with Crippen LogP contribution in [-0.4, -0.2) is 48.1 Å². The first-order valence-corrected chi connectivity index (χ1v) is 7.20. The highest BCUT2D eigenvalue weighted by atomic mass is 16.5. The maximum atomic E-state index is 12.2. The van der Waals surface area contributed by atoms with Crippen LogP contribution >= 0.6 is 0 Å². The molecule has 0 atom stereocenters. The number of carbonyl (C=O) groups is 1. The number of rotatable bonds is 8. The van der Waals surface area contributed by atoms with Gasteiger partial charge in [-0.05, 0) is 19.9 Å². The summed E-state index contributed by atoms with van der Waals surface area (Å²) in [7, 11) is 0. The van der Waals surface area contributed by atoms with Gasteiger partial charge in [0, 0.05) is 37.9 Å². The number of nitrogens with zero attached hydrogens (tertiary/aromatic N) is 2. The lowest BCUT2D eigenvalue weighted by atomic mass is 10.3. The largest absolute Gasteiger partial charge is 0.492 e. The van der Waals surface area contributed by atoms with Gasteiger partial charge in [-0.25, -0.2) is 0 Å². The Morgan fingerprint density at radius 3 is 2.70 bits per heavy atom. The Hall–Kier alpha value is -1.62. The molecule has 112 valence electrons. The summed E-state index contributed by atoms with van der Waals surface area (Å²) >= 11 is 0. The smallest absolute Gasteiger partial charge is 0.272 e. The fourth-order valence-electron chi connectivity index (χ4n) is 1.81. The van der Waals surface area contributed by atoms with E-state index in [1.54, 1.807) is 23.2 Å². The third kappa shape index (κ3) is 5.17. The van der Waals surface area contributed by atoms with Crippen molar-refractivity contribution in [1.29, 1.82) is 0 Å². The van der Waals surface area contributed by atoms with Gasteiger partial charge in [0.15, 0.2) is 0 Å². The molecule has 0 aromatic carbocycles. The van der Waals surface area contributed by atoms with E-state index in [9.17, 15) is 4.79 Å². The molecule has 1 rings (SSSR count). The third-order valence-electron chi connectivity index (χ3n) is 2.92. The summed E-state index contributed by atoms with van der Waals surface area (Å²) in [6.07, 6.45) is 1.61. The van der Waals surface area contributed by atoms with Crippen molar-refractivity contribution >= 4 is 5.91 Å². The standard InChI is InChI=1S/C15H25N3O2/c1-5-18(6-2)15(19)14-11-13(7-8-17-14)20-10-9-16-12(3)4/h7-8,11-12,16H,5-6,9-10H2,1-4H3. The van der Waals surface area contributed by atoms with Crippen LogP contribution in [0.1, 0.15) is 38.2 Å². The predicted molar refractivity (Wildman–Crippen MR) is 80.1 cm³/mol. The summed E-state index contributed by atoms with van der Waals surface area (Å²) in [5.74, 6) is 0.627. The predicted octanol–water partition coefficient (Wildman–Crippen LogP) is 1.94. The lowest BCUT2D eigenvalue weighted by molar-refractivity contribution is 0.0766. The Kier molecular flexibility index (Phi) is 7.01. The lowest BCUT2D eigenvalue weighted by Crippen LogP contribution is -2.31. The summed E-state index contributed by atoms with van der Waals surface area (Å²) in [6.45, 7) is 10.8. The van der Waals surface area contributed by atoms with Gasteiger partial charge in [0.05, 0.1) is 0 Å². The van der Waals surface area contributed by atoms with Gasteiger partial charge in [0.1, 0.15) is 18.1 Å². The Balaban J connectivity index is 2.59. The molecule has 20 heavy (non-hydrogen) atoms. The van der Waals surface area contributed by atoms with Crippen LogP contribution in [0.3, 0.4) is 0 Å². The number of aromatic nitrogens is 1. The van der Waals surface area contributed by atoms with Crippen molar-refractivity contribution in [3.05, 3.63) is 24.0 Å². The molecule has 0 aliphatic heterocycles. The molecule has 0 aliphatic rings. The Morgan fingerprint density at radius 2 is 2.10 bits per heavy atom. The first kappa shape index (κ1) is 16.4. The summed E-state index contributed by atoms with van der Waals surface area (Å²) in [6, 6.07) is 3.92. The SMILES string of the molecule is CCN(CC)C(=O)c1cc(OCCNC(C)C)ccn1. The van der Waals surface area contributed by atoms with Crippen LogP contribution in [0, 0.1) is 0 Å². The molecule has 0 aliphatic carbocycles. The normalized spacial score (nSPS) is 10.7. The van der Waals surface area contributed by atoms with E-state index in [1.807, 2.05) is 13.8 Å². The quantitative estimate of drug-likeness (QED) is 0.739. The van der Waals surface area contributed by atoms with E-state index in [0.29, 0.717) is 37.2 Å². The molecular weight excluding hydrogens is 254 g/mol. The van der Waals surface area contributed by atoms with E-state index >= 15 is 0 Å². The van der Waals surface area contributed by atoms with Crippen LogP contribution in [0.15, 0.2) is 18.3 Å². The molecule has 0 radical (unpaired) electrons. The van der Waals surface area contributed by atoms with E-state index in [1.165, 1.54) is 0 Å². The fraction of sp³-hybridized carbons (Fsp3) is 0.600. The molecule has 0 fully saturated rings. The Labute approximate surface area is 121 Å². The van der Waals surface area contributed by atoms with Gasteiger partial charge in [0.25, 0.3) is 5.91 Å². The maximum absolute atomic E-state index is 12.2. The zero-order valence-corrected chi connectivity index (χ0v) is 12.8. The van der Waals surface area contributed by atoms with E-state index < -0.39 is 0 Å².